The Labute approximate surface area is 238 Å². The fraction of sp³-hybridized carbons (Fsp3) is 0.406. The molecule has 1 aliphatic heterocycles. The molecule has 216 valence electrons. The zero-order chi connectivity index (χ0) is 29.8. The molecule has 8 nitrogen and oxygen atoms in total. The van der Waals surface area contributed by atoms with Gasteiger partial charge in [-0.05, 0) is 88.1 Å². The van der Waals surface area contributed by atoms with Crippen LogP contribution >= 0.6 is 0 Å². The Kier molecular flexibility index (Phi) is 7.27. The van der Waals surface area contributed by atoms with E-state index in [1.807, 2.05) is 39.0 Å². The number of nitrogens with one attached hydrogen (secondary N) is 1. The summed E-state index contributed by atoms with van der Waals surface area (Å²) in [5.74, 6) is -1.53. The second-order valence-corrected chi connectivity index (χ2v) is 11.6. The van der Waals surface area contributed by atoms with Crippen molar-refractivity contribution in [2.45, 2.75) is 72.5 Å². The summed E-state index contributed by atoms with van der Waals surface area (Å²) >= 11 is 0. The van der Waals surface area contributed by atoms with Gasteiger partial charge in [0.25, 0.3) is 5.56 Å². The maximum absolute atomic E-state index is 15.6. The van der Waals surface area contributed by atoms with Gasteiger partial charge in [-0.15, -0.1) is 0 Å². The van der Waals surface area contributed by atoms with E-state index in [4.69, 9.17) is 9.47 Å². The van der Waals surface area contributed by atoms with Crippen molar-refractivity contribution >= 4 is 16.7 Å². The highest BCUT2D eigenvalue weighted by Gasteiger charge is 2.34. The number of ether oxygens (including phenoxy) is 2. The van der Waals surface area contributed by atoms with Crippen LogP contribution in [0.1, 0.15) is 68.4 Å². The third-order valence-electron chi connectivity index (χ3n) is 7.74. The van der Waals surface area contributed by atoms with Gasteiger partial charge in [0.1, 0.15) is 0 Å². The Hall–Kier alpha value is -3.98. The van der Waals surface area contributed by atoms with Gasteiger partial charge < -0.3 is 19.1 Å². The lowest BCUT2D eigenvalue weighted by molar-refractivity contribution is -0.161. The number of aryl methyl sites for hydroxylation is 2. The fourth-order valence-corrected chi connectivity index (χ4v) is 5.89. The number of aromatic amines is 1. The third-order valence-corrected chi connectivity index (χ3v) is 7.74. The first-order chi connectivity index (χ1) is 19.3. The lowest BCUT2D eigenvalue weighted by Crippen LogP contribution is -2.33. The van der Waals surface area contributed by atoms with Crippen molar-refractivity contribution < 1.29 is 23.8 Å². The topological polar surface area (TPSA) is 106 Å². The molecule has 0 bridgehead atoms. The first-order valence-corrected chi connectivity index (χ1v) is 13.9. The van der Waals surface area contributed by atoms with Crippen LogP contribution in [-0.2, 0) is 29.4 Å². The second kappa shape index (κ2) is 10.4. The van der Waals surface area contributed by atoms with E-state index in [1.54, 1.807) is 27.8 Å². The average molecular weight is 562 g/mol. The molecule has 0 unspecified atom stereocenters. The standard InChI is InChI=1S/C32H36FN3O5/c1-8-24-25(17(3)34-35-24)18-11-12-20-22(14-18)30(37)36(7)27(29(31(38)39)41-32(4,5)6)26(20)21-15-23(33)28-19(16(21)2)10-9-13-40-28/h11-12,14-15,29H,8-10,13H2,1-7H3,(H,34,35)(H,38,39)/t29-/m0/s1. The summed E-state index contributed by atoms with van der Waals surface area (Å²) < 4.78 is 28.6. The first-order valence-electron chi connectivity index (χ1n) is 13.9. The van der Waals surface area contributed by atoms with E-state index in [-0.39, 0.29) is 17.0 Å². The molecule has 9 heteroatoms. The van der Waals surface area contributed by atoms with Gasteiger partial charge in [-0.3, -0.25) is 9.89 Å². The van der Waals surface area contributed by atoms with Crippen LogP contribution in [0.3, 0.4) is 0 Å². The summed E-state index contributed by atoms with van der Waals surface area (Å²) in [5, 5.41) is 18.7. The highest BCUT2D eigenvalue weighted by molar-refractivity contribution is 6.01. The van der Waals surface area contributed by atoms with Gasteiger partial charge in [0, 0.05) is 34.8 Å². The molecule has 0 spiro atoms. The number of pyridine rings is 1. The van der Waals surface area contributed by atoms with Crippen molar-refractivity contribution in [3.63, 3.8) is 0 Å². The van der Waals surface area contributed by atoms with Crippen molar-refractivity contribution in [2.75, 3.05) is 6.61 Å². The fourth-order valence-electron chi connectivity index (χ4n) is 5.89. The molecule has 2 aromatic carbocycles. The second-order valence-electron chi connectivity index (χ2n) is 11.6. The molecule has 41 heavy (non-hydrogen) atoms. The summed E-state index contributed by atoms with van der Waals surface area (Å²) in [4.78, 5) is 26.7. The van der Waals surface area contributed by atoms with Crippen LogP contribution in [0.15, 0.2) is 29.1 Å². The zero-order valence-electron chi connectivity index (χ0n) is 24.6. The highest BCUT2D eigenvalue weighted by atomic mass is 19.1. The number of H-pyrrole nitrogens is 1. The van der Waals surface area contributed by atoms with E-state index < -0.39 is 23.5 Å². The van der Waals surface area contributed by atoms with Crippen molar-refractivity contribution in [2.24, 2.45) is 7.05 Å². The predicted octanol–water partition coefficient (Wildman–Crippen LogP) is 6.18. The normalized spacial score (nSPS) is 14.1. The Balaban J connectivity index is 1.91. The lowest BCUT2D eigenvalue weighted by atomic mass is 9.87. The lowest BCUT2D eigenvalue weighted by Gasteiger charge is -2.29. The number of aromatic nitrogens is 3. The van der Waals surface area contributed by atoms with E-state index in [0.717, 1.165) is 40.1 Å². The molecule has 0 saturated carbocycles. The maximum atomic E-state index is 15.6. The Morgan fingerprint density at radius 1 is 1.22 bits per heavy atom. The predicted molar refractivity (Wildman–Crippen MR) is 156 cm³/mol. The van der Waals surface area contributed by atoms with Crippen LogP contribution in [0.5, 0.6) is 5.75 Å². The van der Waals surface area contributed by atoms with Gasteiger partial charge in [-0.2, -0.15) is 5.10 Å². The van der Waals surface area contributed by atoms with Crippen LogP contribution in [0, 0.1) is 19.7 Å². The van der Waals surface area contributed by atoms with Gasteiger partial charge in [0.2, 0.25) is 0 Å². The van der Waals surface area contributed by atoms with Crippen molar-refractivity contribution in [3.05, 3.63) is 68.6 Å². The smallest absolute Gasteiger partial charge is 0.339 e. The Morgan fingerprint density at radius 3 is 2.61 bits per heavy atom. The number of hydrogen-bond acceptors (Lipinski definition) is 5. The largest absolute Gasteiger partial charge is 0.490 e. The van der Waals surface area contributed by atoms with Crippen LogP contribution in [0.2, 0.25) is 0 Å². The van der Waals surface area contributed by atoms with Crippen molar-refractivity contribution in [1.82, 2.24) is 14.8 Å². The van der Waals surface area contributed by atoms with Crippen LogP contribution < -0.4 is 10.3 Å². The molecule has 2 N–H and O–H groups in total. The number of hydrogen-bond donors (Lipinski definition) is 2. The minimum absolute atomic E-state index is 0.158. The summed E-state index contributed by atoms with van der Waals surface area (Å²) in [7, 11) is 1.54. The van der Waals surface area contributed by atoms with Crippen LogP contribution in [-0.4, -0.2) is 38.0 Å². The summed E-state index contributed by atoms with van der Waals surface area (Å²) in [6.07, 6.45) is 0.606. The quantitative estimate of drug-likeness (QED) is 0.291. The summed E-state index contributed by atoms with van der Waals surface area (Å²) in [5.41, 5.74) is 4.95. The average Bonchev–Trinajstić information content (AvgIpc) is 3.31. The molecule has 0 amide bonds. The number of carbonyl (C=O) groups is 1. The molecular weight excluding hydrogens is 525 g/mol. The minimum Gasteiger partial charge on any atom is -0.490 e. The van der Waals surface area contributed by atoms with Gasteiger partial charge in [-0.25, -0.2) is 9.18 Å². The molecule has 4 aromatic rings. The molecule has 0 radical (unpaired) electrons. The number of halogens is 1. The van der Waals surface area contributed by atoms with Crippen molar-refractivity contribution in [1.29, 1.82) is 0 Å². The van der Waals surface area contributed by atoms with E-state index >= 15 is 4.39 Å². The minimum atomic E-state index is -1.48. The number of fused-ring (bicyclic) bond motifs is 2. The number of rotatable bonds is 6. The van der Waals surface area contributed by atoms with Crippen LogP contribution in [0.25, 0.3) is 33.0 Å². The van der Waals surface area contributed by atoms with E-state index in [2.05, 4.69) is 10.2 Å². The Bertz CT molecular complexity index is 1750. The third kappa shape index (κ3) is 4.92. The van der Waals surface area contributed by atoms with E-state index in [9.17, 15) is 14.7 Å². The first kappa shape index (κ1) is 28.5. The van der Waals surface area contributed by atoms with Crippen LogP contribution in [0.4, 0.5) is 4.39 Å². The summed E-state index contributed by atoms with van der Waals surface area (Å²) in [6, 6.07) is 6.93. The maximum Gasteiger partial charge on any atom is 0.339 e. The molecule has 1 aliphatic rings. The van der Waals surface area contributed by atoms with Gasteiger partial charge >= 0.3 is 5.97 Å². The molecule has 0 aliphatic carbocycles. The molecule has 5 rings (SSSR count). The number of benzene rings is 2. The highest BCUT2D eigenvalue weighted by Crippen LogP contribution is 2.43. The molecule has 2 aromatic heterocycles. The SMILES string of the molecule is CCc1n[nH]c(C)c1-c1ccc2c(-c3cc(F)c4c(c3C)CCCO4)c([C@H](OC(C)(C)C)C(=O)O)n(C)c(=O)c2c1. The zero-order valence-corrected chi connectivity index (χ0v) is 24.6. The molecule has 0 fully saturated rings. The number of nitrogens with zero attached hydrogens (tertiary/aromatic N) is 2. The molecular formula is C32H36FN3O5. The monoisotopic (exact) mass is 561 g/mol. The van der Waals surface area contributed by atoms with Gasteiger partial charge in [0.05, 0.1) is 23.6 Å². The number of aliphatic carboxylic acids is 1. The number of carboxylic acid groups (broad SMARTS) is 1. The van der Waals surface area contributed by atoms with E-state index in [0.29, 0.717) is 41.3 Å². The number of carboxylic acids is 1. The van der Waals surface area contributed by atoms with E-state index in [1.165, 1.54) is 10.6 Å². The Morgan fingerprint density at radius 2 is 1.95 bits per heavy atom. The summed E-state index contributed by atoms with van der Waals surface area (Å²) in [6.45, 7) is 11.5. The van der Waals surface area contributed by atoms with Gasteiger partial charge in [0.15, 0.2) is 17.7 Å². The van der Waals surface area contributed by atoms with Gasteiger partial charge in [-0.1, -0.05) is 19.1 Å². The molecule has 3 heterocycles. The molecule has 1 atom stereocenters. The van der Waals surface area contributed by atoms with Crippen molar-refractivity contribution in [3.8, 4) is 28.0 Å². The molecule has 0 saturated heterocycles.